The average molecular weight is 896 g/mol. The van der Waals surface area contributed by atoms with Crippen molar-refractivity contribution in [3.05, 3.63) is 63.7 Å². The second-order valence-electron chi connectivity index (χ2n) is 19.1. The lowest BCUT2D eigenvalue weighted by atomic mass is 9.71. The van der Waals surface area contributed by atoms with Gasteiger partial charge in [0.15, 0.2) is 12.4 Å². The highest BCUT2D eigenvalue weighted by Gasteiger charge is 2.51. The molecule has 1 aliphatic carbocycles. The summed E-state index contributed by atoms with van der Waals surface area (Å²) >= 11 is 6.66. The molecule has 64 heavy (non-hydrogen) atoms. The Bertz CT molecular complexity index is 2750. The molecule has 5 aromatic rings. The van der Waals surface area contributed by atoms with Crippen LogP contribution in [0, 0.1) is 17.3 Å². The highest BCUT2D eigenvalue weighted by Crippen LogP contribution is 2.47. The van der Waals surface area contributed by atoms with E-state index in [-0.39, 0.29) is 29.2 Å². The number of pyridine rings is 1. The molecule has 1 unspecified atom stereocenters. The number of alkyl halides is 2. The number of rotatable bonds is 8. The third-order valence-corrected chi connectivity index (χ3v) is 15.0. The molecule has 1 spiro atoms. The maximum Gasteiger partial charge on any atom is 0.301 e. The first-order chi connectivity index (χ1) is 30.8. The number of nitrogens with zero attached hydrogens (tertiary/aromatic N) is 8. The summed E-state index contributed by atoms with van der Waals surface area (Å²) in [6.07, 6.45) is 8.16. The van der Waals surface area contributed by atoms with Crippen LogP contribution in [0.3, 0.4) is 0 Å². The van der Waals surface area contributed by atoms with Crippen molar-refractivity contribution < 1.29 is 23.1 Å². The smallest absolute Gasteiger partial charge is 0.301 e. The minimum atomic E-state index is -3.13. The lowest BCUT2D eigenvalue weighted by Crippen LogP contribution is -2.61. The zero-order chi connectivity index (χ0) is 44.1. The molecular weight excluding hydrogens is 844 g/mol. The van der Waals surface area contributed by atoms with Gasteiger partial charge in [-0.2, -0.15) is 10.1 Å². The molecule has 3 N–H and O–H groups in total. The van der Waals surface area contributed by atoms with Crippen molar-refractivity contribution in [3.63, 3.8) is 0 Å². The molecule has 0 radical (unpaired) electrons. The summed E-state index contributed by atoms with van der Waals surface area (Å²) in [5.74, 6) is -2.65. The van der Waals surface area contributed by atoms with Crippen LogP contribution < -0.4 is 36.0 Å². The average Bonchev–Trinajstić information content (AvgIpc) is 4.08. The molecule has 2 aromatic carbocycles. The first kappa shape index (κ1) is 41.2. The van der Waals surface area contributed by atoms with Gasteiger partial charge in [0, 0.05) is 82.8 Å². The monoisotopic (exact) mass is 895 g/mol. The maximum atomic E-state index is 15.2. The van der Waals surface area contributed by atoms with E-state index in [0.29, 0.717) is 70.4 Å². The topological polar surface area (TPSA) is 155 Å². The number of carbonyl (C=O) groups excluding carboxylic acids is 2. The molecule has 336 valence electrons. The first-order valence-corrected chi connectivity index (χ1v) is 23.0. The second kappa shape index (κ2) is 15.6. The number of benzene rings is 2. The molecule has 4 saturated heterocycles. The molecular formula is C46H52ClF2N11O4. The Balaban J connectivity index is 0.704. The lowest BCUT2D eigenvalue weighted by Gasteiger charge is -2.55. The molecule has 8 heterocycles. The number of imide groups is 1. The van der Waals surface area contributed by atoms with Gasteiger partial charge in [-0.25, -0.2) is 13.8 Å². The van der Waals surface area contributed by atoms with Gasteiger partial charge in [0.2, 0.25) is 23.5 Å². The van der Waals surface area contributed by atoms with Crippen molar-refractivity contribution >= 4 is 74.0 Å². The fourth-order valence-corrected chi connectivity index (χ4v) is 11.2. The van der Waals surface area contributed by atoms with Crippen molar-refractivity contribution in [1.29, 1.82) is 0 Å². The fourth-order valence-electron chi connectivity index (χ4n) is 11.1. The van der Waals surface area contributed by atoms with Gasteiger partial charge in [0.1, 0.15) is 5.02 Å². The maximum absolute atomic E-state index is 15.2. The number of nitrogens with one attached hydrogen (secondary N) is 3. The molecule has 1 saturated carbocycles. The highest BCUT2D eigenvalue weighted by atomic mass is 35.5. The Morgan fingerprint density at radius 3 is 2.48 bits per heavy atom. The summed E-state index contributed by atoms with van der Waals surface area (Å²) in [7, 11) is 3.55. The van der Waals surface area contributed by atoms with Crippen molar-refractivity contribution in [1.82, 2.24) is 34.5 Å². The quantitative estimate of drug-likeness (QED) is 0.153. The van der Waals surface area contributed by atoms with Crippen LogP contribution in [-0.2, 0) is 23.7 Å². The largest absolute Gasteiger partial charge is 0.480 e. The third kappa shape index (κ3) is 7.28. The molecule has 2 atom stereocenters. The van der Waals surface area contributed by atoms with Gasteiger partial charge in [-0.05, 0) is 86.5 Å². The van der Waals surface area contributed by atoms with Crippen LogP contribution >= 0.6 is 11.6 Å². The molecule has 11 rings (SSSR count). The number of aryl methyl sites for hydroxylation is 2. The molecule has 15 nitrogen and oxygen atoms in total. The number of para-hydroxylation sites is 1. The van der Waals surface area contributed by atoms with Gasteiger partial charge < -0.3 is 34.6 Å². The van der Waals surface area contributed by atoms with Crippen LogP contribution in [0.15, 0.2) is 47.4 Å². The standard InChI is InChI=1S/C46H52ClF2N11O4/c1-56-33-10-8-28(20-31(33)37-39(43(56)63)64-25-46(48,49)40(53-37)27-6-7-27)51-41-32(47)21-50-44(54-41)60-18-14-45(15-19-60)23-58(24-45)22-26-12-16-59(17-13-26)34-5-3-4-29-36(55-57(2)38(29)34)30-9-11-35(61)52-42(30)62/h3-5,8,10,20-21,26-27,30,40,53H,6-7,9,11-19,22-25H2,1-2H3,(H,50,51,54)(H,52,61,62)/t30?,40-/m0/s1. The minimum Gasteiger partial charge on any atom is -0.480 e. The molecule has 5 aliphatic heterocycles. The number of halogens is 3. The Morgan fingerprint density at radius 2 is 1.73 bits per heavy atom. The molecule has 5 fully saturated rings. The molecule has 6 aliphatic rings. The van der Waals surface area contributed by atoms with Crippen LogP contribution in [0.2, 0.25) is 5.02 Å². The van der Waals surface area contributed by atoms with Gasteiger partial charge in [0.05, 0.1) is 46.3 Å². The molecule has 3 aromatic heterocycles. The van der Waals surface area contributed by atoms with Gasteiger partial charge in [-0.1, -0.05) is 23.7 Å². The summed E-state index contributed by atoms with van der Waals surface area (Å²) in [4.78, 5) is 54.6. The number of hydrogen-bond donors (Lipinski definition) is 3. The van der Waals surface area contributed by atoms with E-state index in [1.165, 1.54) is 4.57 Å². The predicted octanol–water partition coefficient (Wildman–Crippen LogP) is 6.17. The fraction of sp³-hybridized carbons (Fsp3) is 0.522. The van der Waals surface area contributed by atoms with E-state index in [4.69, 9.17) is 26.4 Å². The number of amides is 2. The van der Waals surface area contributed by atoms with E-state index < -0.39 is 30.0 Å². The number of piperidine rings is 3. The van der Waals surface area contributed by atoms with E-state index in [2.05, 4.69) is 47.8 Å². The normalized spacial score (nSPS) is 23.6. The number of ether oxygens (including phenoxy) is 1. The van der Waals surface area contributed by atoms with Gasteiger partial charge >= 0.3 is 5.92 Å². The van der Waals surface area contributed by atoms with Crippen molar-refractivity contribution in [2.75, 3.05) is 72.9 Å². The summed E-state index contributed by atoms with van der Waals surface area (Å²) in [6, 6.07) is 10.6. The van der Waals surface area contributed by atoms with Gasteiger partial charge in [0.25, 0.3) is 5.56 Å². The zero-order valence-electron chi connectivity index (χ0n) is 36.0. The summed E-state index contributed by atoms with van der Waals surface area (Å²) in [5, 5.41) is 15.6. The Morgan fingerprint density at radius 1 is 0.953 bits per heavy atom. The van der Waals surface area contributed by atoms with E-state index in [1.807, 2.05) is 29.9 Å². The summed E-state index contributed by atoms with van der Waals surface area (Å²) in [6.45, 7) is 6.06. The van der Waals surface area contributed by atoms with Crippen molar-refractivity contribution in [2.24, 2.45) is 31.3 Å². The number of carbonyl (C=O) groups is 2. The number of likely N-dealkylation sites (tertiary alicyclic amines) is 1. The zero-order valence-corrected chi connectivity index (χ0v) is 36.8. The van der Waals surface area contributed by atoms with Gasteiger partial charge in [-0.3, -0.25) is 24.4 Å². The molecule has 0 bridgehead atoms. The molecule has 2 amide bonds. The Hall–Kier alpha value is -5.55. The molecule has 18 heteroatoms. The second-order valence-corrected chi connectivity index (χ2v) is 19.5. The minimum absolute atomic E-state index is 0.100. The van der Waals surface area contributed by atoms with E-state index in [1.54, 1.807) is 19.3 Å². The van der Waals surface area contributed by atoms with Crippen LogP contribution in [-0.4, -0.2) is 105 Å². The first-order valence-electron chi connectivity index (χ1n) is 22.6. The summed E-state index contributed by atoms with van der Waals surface area (Å²) < 4.78 is 39.2. The van der Waals surface area contributed by atoms with E-state index in [9.17, 15) is 14.4 Å². The van der Waals surface area contributed by atoms with Crippen molar-refractivity contribution in [2.45, 2.75) is 69.2 Å². The summed E-state index contributed by atoms with van der Waals surface area (Å²) in [5.41, 5.74) is 4.26. The van der Waals surface area contributed by atoms with Crippen LogP contribution in [0.25, 0.3) is 21.8 Å². The van der Waals surface area contributed by atoms with Crippen molar-refractivity contribution in [3.8, 4) is 5.75 Å². The Labute approximate surface area is 373 Å². The predicted molar refractivity (Wildman–Crippen MR) is 241 cm³/mol. The number of anilines is 5. The number of aromatic nitrogens is 5. The van der Waals surface area contributed by atoms with E-state index >= 15 is 8.78 Å². The van der Waals surface area contributed by atoms with Gasteiger partial charge in [-0.15, -0.1) is 0 Å². The Kier molecular flexibility index (Phi) is 10.0. The highest BCUT2D eigenvalue weighted by molar-refractivity contribution is 6.33. The lowest BCUT2D eigenvalue weighted by molar-refractivity contribution is -0.134. The van der Waals surface area contributed by atoms with Crippen LogP contribution in [0.1, 0.15) is 63.0 Å². The number of hydrogen-bond acceptors (Lipinski definition) is 12. The SMILES string of the molecule is Cn1nc(C2CCC(=O)NC2=O)c2cccc(N3CCC(CN4CC5(CCN(c6ncc(Cl)c(Nc7ccc8c(c7)c7c(c(=O)n8C)OCC(F)(F)[C@H](C8CC8)N7)n6)CC5)C4)CC3)c21. The number of fused-ring (bicyclic) bond motifs is 4. The third-order valence-electron chi connectivity index (χ3n) is 14.7. The van der Waals surface area contributed by atoms with Crippen LogP contribution in [0.5, 0.6) is 5.75 Å². The van der Waals surface area contributed by atoms with E-state index in [0.717, 1.165) is 93.8 Å². The van der Waals surface area contributed by atoms with Crippen LogP contribution in [0.4, 0.5) is 37.6 Å².